The van der Waals surface area contributed by atoms with E-state index in [0.29, 0.717) is 5.92 Å². The van der Waals surface area contributed by atoms with Gasteiger partial charge in [-0.1, -0.05) is 12.1 Å². The lowest BCUT2D eigenvalue weighted by Crippen LogP contribution is -2.01. The topological polar surface area (TPSA) is 31.6 Å². The molecule has 1 unspecified atom stereocenters. The number of aryl methyl sites for hydroxylation is 2. The van der Waals surface area contributed by atoms with Gasteiger partial charge in [-0.2, -0.15) is 0 Å². The van der Waals surface area contributed by atoms with Crippen molar-refractivity contribution in [3.05, 3.63) is 51.0 Å². The predicted molar refractivity (Wildman–Crippen MR) is 76.7 cm³/mol. The van der Waals surface area contributed by atoms with Crippen LogP contribution < -0.4 is 0 Å². The van der Waals surface area contributed by atoms with Gasteiger partial charge in [-0.3, -0.25) is 0 Å². The van der Waals surface area contributed by atoms with Crippen molar-refractivity contribution in [3.63, 3.8) is 0 Å². The van der Waals surface area contributed by atoms with E-state index in [9.17, 15) is 0 Å². The highest BCUT2D eigenvalue weighted by molar-refractivity contribution is 7.71. The quantitative estimate of drug-likeness (QED) is 0.785. The molecule has 1 aliphatic rings. The number of aromatic amines is 2. The molecule has 0 saturated carbocycles. The van der Waals surface area contributed by atoms with Gasteiger partial charge in [-0.15, -0.1) is 0 Å². The Bertz CT molecular complexity index is 636. The number of nitrogens with one attached hydrogen (secondary N) is 2. The summed E-state index contributed by atoms with van der Waals surface area (Å²) in [6.07, 6.45) is 5.54. The van der Waals surface area contributed by atoms with Gasteiger partial charge >= 0.3 is 0 Å². The smallest absolute Gasteiger partial charge is 0.174 e. The molecule has 0 fully saturated rings. The number of aromatic nitrogens is 2. The van der Waals surface area contributed by atoms with Gasteiger partial charge in [0.15, 0.2) is 4.77 Å². The maximum Gasteiger partial charge on any atom is 0.174 e. The molecule has 0 saturated heterocycles. The lowest BCUT2D eigenvalue weighted by atomic mass is 9.91. The second-order valence-electron chi connectivity index (χ2n) is 5.30. The van der Waals surface area contributed by atoms with Crippen molar-refractivity contribution in [1.82, 2.24) is 9.97 Å². The molecule has 3 heteroatoms. The summed E-state index contributed by atoms with van der Waals surface area (Å²) >= 11 is 5.09. The molecule has 0 radical (unpaired) electrons. The fourth-order valence-electron chi connectivity index (χ4n) is 3.20. The van der Waals surface area contributed by atoms with Gasteiger partial charge in [-0.05, 0) is 73.5 Å². The summed E-state index contributed by atoms with van der Waals surface area (Å²) in [7, 11) is 0. The molecule has 1 atom stereocenters. The molecule has 94 valence electrons. The summed E-state index contributed by atoms with van der Waals surface area (Å²) in [6, 6.07) is 4.51. The van der Waals surface area contributed by atoms with Crippen LogP contribution in [0.2, 0.25) is 0 Å². The van der Waals surface area contributed by atoms with Crippen LogP contribution >= 0.6 is 12.2 Å². The van der Waals surface area contributed by atoms with Gasteiger partial charge in [-0.25, -0.2) is 0 Å². The van der Waals surface area contributed by atoms with Crippen LogP contribution in [0, 0.1) is 18.6 Å². The predicted octanol–water partition coefficient (Wildman–Crippen LogP) is 3.96. The molecule has 1 aromatic heterocycles. The fourth-order valence-corrected chi connectivity index (χ4v) is 3.39. The van der Waals surface area contributed by atoms with Crippen LogP contribution in [-0.2, 0) is 12.8 Å². The number of fused-ring (bicyclic) bond motifs is 1. The monoisotopic (exact) mass is 258 g/mol. The second kappa shape index (κ2) is 4.39. The fraction of sp³-hybridized carbons (Fsp3) is 0.400. The first-order valence-corrected chi connectivity index (χ1v) is 6.91. The standard InChI is InChI=1S/C15H18N2S/c1-9-3-4-10(2)14-11(5-6-13(9)14)7-12-8-16-15(18)17-12/h3-4,8,11H,5-7H2,1-2H3,(H2,16,17,18). The molecule has 0 amide bonds. The van der Waals surface area contributed by atoms with Crippen LogP contribution in [0.4, 0.5) is 0 Å². The Morgan fingerprint density at radius 2 is 2.06 bits per heavy atom. The van der Waals surface area contributed by atoms with E-state index in [1.54, 1.807) is 11.1 Å². The number of hydrogen-bond donors (Lipinski definition) is 2. The van der Waals surface area contributed by atoms with Gasteiger partial charge in [0.1, 0.15) is 0 Å². The molecule has 0 bridgehead atoms. The van der Waals surface area contributed by atoms with Gasteiger partial charge in [0.05, 0.1) is 0 Å². The molecule has 18 heavy (non-hydrogen) atoms. The summed E-state index contributed by atoms with van der Waals surface area (Å²) in [5.41, 5.74) is 7.26. The van der Waals surface area contributed by atoms with E-state index in [1.807, 2.05) is 6.20 Å². The minimum atomic E-state index is 0.640. The molecule has 2 nitrogen and oxygen atoms in total. The molecular formula is C15H18N2S. The molecule has 3 rings (SSSR count). The molecule has 2 aromatic rings. The Labute approximate surface area is 112 Å². The third-order valence-electron chi connectivity index (χ3n) is 4.08. The van der Waals surface area contributed by atoms with Crippen LogP contribution in [0.15, 0.2) is 18.3 Å². The number of H-pyrrole nitrogens is 2. The average molecular weight is 258 g/mol. The van der Waals surface area contributed by atoms with Gasteiger partial charge < -0.3 is 9.97 Å². The molecular weight excluding hydrogens is 240 g/mol. The second-order valence-corrected chi connectivity index (χ2v) is 5.71. The number of benzene rings is 1. The van der Waals surface area contributed by atoms with E-state index in [-0.39, 0.29) is 0 Å². The van der Waals surface area contributed by atoms with Gasteiger partial charge in [0, 0.05) is 11.9 Å². The lowest BCUT2D eigenvalue weighted by molar-refractivity contribution is 0.663. The summed E-state index contributed by atoms with van der Waals surface area (Å²) in [4.78, 5) is 6.28. The van der Waals surface area contributed by atoms with Crippen molar-refractivity contribution in [3.8, 4) is 0 Å². The van der Waals surface area contributed by atoms with Crippen LogP contribution in [0.25, 0.3) is 0 Å². The Balaban J connectivity index is 1.95. The summed E-state index contributed by atoms with van der Waals surface area (Å²) in [5.74, 6) is 0.640. The molecule has 1 heterocycles. The maximum atomic E-state index is 5.09. The van der Waals surface area contributed by atoms with Gasteiger partial charge in [0.25, 0.3) is 0 Å². The zero-order valence-electron chi connectivity index (χ0n) is 10.8. The summed E-state index contributed by atoms with van der Waals surface area (Å²) in [6.45, 7) is 4.46. The van der Waals surface area contributed by atoms with E-state index in [1.165, 1.54) is 29.7 Å². The summed E-state index contributed by atoms with van der Waals surface area (Å²) < 4.78 is 0.726. The number of rotatable bonds is 2. The lowest BCUT2D eigenvalue weighted by Gasteiger charge is -2.14. The Kier molecular flexibility index (Phi) is 2.86. The third-order valence-corrected chi connectivity index (χ3v) is 4.30. The Morgan fingerprint density at radius 3 is 2.78 bits per heavy atom. The summed E-state index contributed by atoms with van der Waals surface area (Å²) in [5, 5.41) is 0. The van der Waals surface area contributed by atoms with Crippen molar-refractivity contribution in [2.75, 3.05) is 0 Å². The molecule has 1 aromatic carbocycles. The highest BCUT2D eigenvalue weighted by atomic mass is 32.1. The van der Waals surface area contributed by atoms with Crippen molar-refractivity contribution in [1.29, 1.82) is 0 Å². The average Bonchev–Trinajstić information content (AvgIpc) is 2.92. The first kappa shape index (κ1) is 11.7. The highest BCUT2D eigenvalue weighted by Crippen LogP contribution is 2.38. The van der Waals surface area contributed by atoms with Gasteiger partial charge in [0.2, 0.25) is 0 Å². The van der Waals surface area contributed by atoms with Crippen LogP contribution in [0.3, 0.4) is 0 Å². The molecule has 2 N–H and O–H groups in total. The van der Waals surface area contributed by atoms with Crippen LogP contribution in [0.5, 0.6) is 0 Å². The number of imidazole rings is 1. The van der Waals surface area contributed by atoms with Crippen LogP contribution in [0.1, 0.15) is 40.3 Å². The maximum absolute atomic E-state index is 5.09. The zero-order chi connectivity index (χ0) is 12.7. The normalized spacial score (nSPS) is 18.0. The van der Waals surface area contributed by atoms with E-state index in [0.717, 1.165) is 11.2 Å². The van der Waals surface area contributed by atoms with Crippen LogP contribution in [-0.4, -0.2) is 9.97 Å². The first-order valence-electron chi connectivity index (χ1n) is 6.50. The van der Waals surface area contributed by atoms with E-state index in [2.05, 4.69) is 35.9 Å². The molecule has 0 spiro atoms. The zero-order valence-corrected chi connectivity index (χ0v) is 11.7. The van der Waals surface area contributed by atoms with Crippen molar-refractivity contribution in [2.45, 2.75) is 39.0 Å². The number of hydrogen-bond acceptors (Lipinski definition) is 1. The largest absolute Gasteiger partial charge is 0.337 e. The first-order chi connectivity index (χ1) is 8.65. The Hall–Kier alpha value is -1.35. The SMILES string of the molecule is Cc1ccc(C)c2c1CCC2Cc1c[nH]c(=S)[nH]1. The van der Waals surface area contributed by atoms with Crippen molar-refractivity contribution in [2.24, 2.45) is 0 Å². The van der Waals surface area contributed by atoms with E-state index < -0.39 is 0 Å². The molecule has 1 aliphatic carbocycles. The third kappa shape index (κ3) is 1.93. The highest BCUT2D eigenvalue weighted by Gasteiger charge is 2.25. The van der Waals surface area contributed by atoms with E-state index >= 15 is 0 Å². The molecule has 0 aliphatic heterocycles. The Morgan fingerprint density at radius 1 is 1.28 bits per heavy atom. The minimum Gasteiger partial charge on any atom is -0.337 e. The van der Waals surface area contributed by atoms with Crippen molar-refractivity contribution < 1.29 is 0 Å². The van der Waals surface area contributed by atoms with E-state index in [4.69, 9.17) is 12.2 Å². The van der Waals surface area contributed by atoms with Crippen molar-refractivity contribution >= 4 is 12.2 Å². The minimum absolute atomic E-state index is 0.640.